The number of hydrogen-bond acceptors (Lipinski definition) is 3. The second-order valence-corrected chi connectivity index (χ2v) is 4.27. The Morgan fingerprint density at radius 2 is 2.11 bits per heavy atom. The van der Waals surface area contributed by atoms with E-state index in [9.17, 15) is 8.78 Å². The van der Waals surface area contributed by atoms with E-state index in [1.54, 1.807) is 12.1 Å². The third-order valence-electron chi connectivity index (χ3n) is 2.89. The molecular formula is C12H17ClF2N2O. The average Bonchev–Trinajstić information content (AvgIpc) is 2.66. The van der Waals surface area contributed by atoms with Gasteiger partial charge in [-0.15, -0.1) is 12.4 Å². The third-order valence-corrected chi connectivity index (χ3v) is 2.89. The molecule has 3 nitrogen and oxygen atoms in total. The van der Waals surface area contributed by atoms with E-state index in [0.717, 1.165) is 25.1 Å². The summed E-state index contributed by atoms with van der Waals surface area (Å²) < 4.78 is 28.9. The highest BCUT2D eigenvalue weighted by Crippen LogP contribution is 2.23. The lowest BCUT2D eigenvalue weighted by molar-refractivity contribution is -0.0507. The molecule has 2 N–H and O–H groups in total. The number of benzene rings is 1. The molecule has 0 saturated carbocycles. The molecule has 0 aromatic heterocycles. The summed E-state index contributed by atoms with van der Waals surface area (Å²) in [6, 6.07) is 7.08. The molecule has 1 atom stereocenters. The minimum atomic E-state index is -2.78. The zero-order valence-electron chi connectivity index (χ0n) is 9.89. The predicted octanol–water partition coefficient (Wildman–Crippen LogP) is 2.24. The van der Waals surface area contributed by atoms with Crippen LogP contribution in [0.2, 0.25) is 0 Å². The highest BCUT2D eigenvalue weighted by molar-refractivity contribution is 5.85. The first-order valence-corrected chi connectivity index (χ1v) is 5.66. The van der Waals surface area contributed by atoms with Crippen molar-refractivity contribution in [2.24, 2.45) is 5.73 Å². The van der Waals surface area contributed by atoms with Crippen molar-refractivity contribution in [3.05, 3.63) is 29.8 Å². The topological polar surface area (TPSA) is 38.5 Å². The molecule has 0 radical (unpaired) electrons. The van der Waals surface area contributed by atoms with E-state index in [1.807, 2.05) is 12.1 Å². The normalized spacial score (nSPS) is 19.9. The van der Waals surface area contributed by atoms with Crippen LogP contribution in [-0.2, 0) is 6.54 Å². The highest BCUT2D eigenvalue weighted by Gasteiger charge is 2.20. The summed E-state index contributed by atoms with van der Waals surface area (Å²) in [6.45, 7) is -0.457. The van der Waals surface area contributed by atoms with Crippen molar-refractivity contribution >= 4 is 12.4 Å². The molecule has 0 spiro atoms. The zero-order chi connectivity index (χ0) is 12.3. The molecule has 18 heavy (non-hydrogen) atoms. The van der Waals surface area contributed by atoms with Crippen LogP contribution in [0.1, 0.15) is 12.0 Å². The van der Waals surface area contributed by atoms with Gasteiger partial charge < -0.3 is 10.5 Å². The number of para-hydroxylation sites is 1. The van der Waals surface area contributed by atoms with Gasteiger partial charge in [-0.2, -0.15) is 8.78 Å². The van der Waals surface area contributed by atoms with Crippen LogP contribution in [0.3, 0.4) is 0 Å². The Labute approximate surface area is 111 Å². The second kappa shape index (κ2) is 6.87. The second-order valence-electron chi connectivity index (χ2n) is 4.27. The predicted molar refractivity (Wildman–Crippen MR) is 68.2 cm³/mol. The van der Waals surface area contributed by atoms with E-state index < -0.39 is 6.61 Å². The van der Waals surface area contributed by atoms with E-state index in [2.05, 4.69) is 9.64 Å². The smallest absolute Gasteiger partial charge is 0.387 e. The van der Waals surface area contributed by atoms with E-state index in [1.165, 1.54) is 0 Å². The van der Waals surface area contributed by atoms with Gasteiger partial charge >= 0.3 is 6.61 Å². The summed E-state index contributed by atoms with van der Waals surface area (Å²) in [7, 11) is 0. The Balaban J connectivity index is 0.00000162. The molecule has 1 saturated heterocycles. The van der Waals surface area contributed by atoms with Gasteiger partial charge in [-0.05, 0) is 12.5 Å². The SMILES string of the molecule is Cl.NC1CCN(Cc2ccccc2OC(F)F)C1. The fourth-order valence-corrected chi connectivity index (χ4v) is 2.09. The quantitative estimate of drug-likeness (QED) is 0.918. The van der Waals surface area contributed by atoms with Gasteiger partial charge in [-0.1, -0.05) is 18.2 Å². The van der Waals surface area contributed by atoms with Gasteiger partial charge in [0.1, 0.15) is 5.75 Å². The first kappa shape index (κ1) is 15.1. The summed E-state index contributed by atoms with van der Waals surface area (Å²) in [5, 5.41) is 0. The van der Waals surface area contributed by atoms with Crippen LogP contribution in [0.5, 0.6) is 5.75 Å². The van der Waals surface area contributed by atoms with Crippen LogP contribution in [-0.4, -0.2) is 30.6 Å². The van der Waals surface area contributed by atoms with Gasteiger partial charge in [0.05, 0.1) is 0 Å². The molecule has 1 fully saturated rings. The number of alkyl halides is 2. The summed E-state index contributed by atoms with van der Waals surface area (Å²) in [5.41, 5.74) is 6.58. The van der Waals surface area contributed by atoms with E-state index >= 15 is 0 Å². The standard InChI is InChI=1S/C12H16F2N2O.ClH/c13-12(14)17-11-4-2-1-3-9(11)7-16-6-5-10(15)8-16;/h1-4,10,12H,5-8,15H2;1H. The lowest BCUT2D eigenvalue weighted by Crippen LogP contribution is -2.26. The third kappa shape index (κ3) is 4.08. The van der Waals surface area contributed by atoms with E-state index in [-0.39, 0.29) is 24.2 Å². The summed E-state index contributed by atoms with van der Waals surface area (Å²) in [5.74, 6) is 0.253. The lowest BCUT2D eigenvalue weighted by Gasteiger charge is -2.17. The average molecular weight is 279 g/mol. The molecule has 0 bridgehead atoms. The highest BCUT2D eigenvalue weighted by atomic mass is 35.5. The maximum absolute atomic E-state index is 12.2. The van der Waals surface area contributed by atoms with Gasteiger partial charge in [-0.25, -0.2) is 0 Å². The van der Waals surface area contributed by atoms with Gasteiger partial charge in [0.2, 0.25) is 0 Å². The monoisotopic (exact) mass is 278 g/mol. The minimum Gasteiger partial charge on any atom is -0.434 e. The largest absolute Gasteiger partial charge is 0.434 e. The van der Waals surface area contributed by atoms with Crippen molar-refractivity contribution in [1.82, 2.24) is 4.90 Å². The van der Waals surface area contributed by atoms with E-state index in [0.29, 0.717) is 6.54 Å². The van der Waals surface area contributed by atoms with Gasteiger partial charge in [-0.3, -0.25) is 4.90 Å². The Bertz CT molecular complexity index is 379. The number of rotatable bonds is 4. The molecule has 1 aliphatic heterocycles. The summed E-state index contributed by atoms with van der Waals surface area (Å²) in [4.78, 5) is 2.15. The number of ether oxygens (including phenoxy) is 1. The molecule has 2 rings (SSSR count). The molecule has 1 aromatic carbocycles. The molecule has 0 amide bonds. The van der Waals surface area contributed by atoms with Crippen molar-refractivity contribution in [3.8, 4) is 5.75 Å². The van der Waals surface area contributed by atoms with Crippen LogP contribution in [0, 0.1) is 0 Å². The molecule has 1 aromatic rings. The molecule has 0 aliphatic carbocycles. The number of hydrogen-bond donors (Lipinski definition) is 1. The van der Waals surface area contributed by atoms with Crippen molar-refractivity contribution in [2.75, 3.05) is 13.1 Å². The number of nitrogens with zero attached hydrogens (tertiary/aromatic N) is 1. The lowest BCUT2D eigenvalue weighted by atomic mass is 10.2. The Morgan fingerprint density at radius 3 is 2.72 bits per heavy atom. The minimum absolute atomic E-state index is 0. The Hall–Kier alpha value is -0.910. The van der Waals surface area contributed by atoms with Crippen LogP contribution in [0.4, 0.5) is 8.78 Å². The first-order valence-electron chi connectivity index (χ1n) is 5.66. The summed E-state index contributed by atoms with van der Waals surface area (Å²) in [6.07, 6.45) is 0.956. The molecular weight excluding hydrogens is 262 g/mol. The Kier molecular flexibility index (Phi) is 5.78. The fourth-order valence-electron chi connectivity index (χ4n) is 2.09. The zero-order valence-corrected chi connectivity index (χ0v) is 10.7. The number of halogens is 3. The van der Waals surface area contributed by atoms with Crippen LogP contribution in [0.15, 0.2) is 24.3 Å². The maximum atomic E-state index is 12.2. The maximum Gasteiger partial charge on any atom is 0.387 e. The van der Waals surface area contributed by atoms with Crippen molar-refractivity contribution in [3.63, 3.8) is 0 Å². The number of nitrogens with two attached hydrogens (primary N) is 1. The molecule has 1 unspecified atom stereocenters. The van der Waals surface area contributed by atoms with Gasteiger partial charge in [0.25, 0.3) is 0 Å². The Morgan fingerprint density at radius 1 is 1.39 bits per heavy atom. The van der Waals surface area contributed by atoms with Gasteiger partial charge in [0.15, 0.2) is 0 Å². The van der Waals surface area contributed by atoms with Crippen LogP contribution >= 0.6 is 12.4 Å². The van der Waals surface area contributed by atoms with Crippen molar-refractivity contribution in [1.29, 1.82) is 0 Å². The summed E-state index contributed by atoms with van der Waals surface area (Å²) >= 11 is 0. The fraction of sp³-hybridized carbons (Fsp3) is 0.500. The molecule has 1 aliphatic rings. The molecule has 6 heteroatoms. The van der Waals surface area contributed by atoms with E-state index in [4.69, 9.17) is 5.73 Å². The molecule has 1 heterocycles. The number of likely N-dealkylation sites (tertiary alicyclic amines) is 1. The van der Waals surface area contributed by atoms with Crippen molar-refractivity contribution in [2.45, 2.75) is 25.6 Å². The van der Waals surface area contributed by atoms with Crippen LogP contribution < -0.4 is 10.5 Å². The first-order chi connectivity index (χ1) is 8.15. The van der Waals surface area contributed by atoms with Crippen LogP contribution in [0.25, 0.3) is 0 Å². The molecule has 102 valence electrons. The van der Waals surface area contributed by atoms with Crippen molar-refractivity contribution < 1.29 is 13.5 Å². The van der Waals surface area contributed by atoms with Gasteiger partial charge in [0, 0.05) is 31.2 Å².